The van der Waals surface area contributed by atoms with Crippen LogP contribution in [0.4, 0.5) is 0 Å². The molecule has 76 valence electrons. The molecule has 0 unspecified atom stereocenters. The number of aliphatic hydroxyl groups excluding tert-OH is 1. The molecule has 0 aliphatic heterocycles. The fraction of sp³-hybridized carbons (Fsp3) is 1.00. The van der Waals surface area contributed by atoms with E-state index < -0.39 is 27.2 Å². The van der Waals surface area contributed by atoms with E-state index in [1.165, 1.54) is 0 Å². The summed E-state index contributed by atoms with van der Waals surface area (Å²) in [5, 5.41) is 5.92. The largest absolute Gasteiger partial charge is 0.395 e. The van der Waals surface area contributed by atoms with Crippen LogP contribution in [0.1, 0.15) is 0 Å². The molecule has 0 rings (SSSR count). The zero-order valence-corrected chi connectivity index (χ0v) is 8.48. The van der Waals surface area contributed by atoms with Gasteiger partial charge in [-0.25, -0.2) is 0 Å². The second kappa shape index (κ2) is 4.86. The van der Waals surface area contributed by atoms with Gasteiger partial charge in [0.1, 0.15) is 0 Å². The molecule has 0 amide bonds. The first-order chi connectivity index (χ1) is 4.69. The van der Waals surface area contributed by atoms with Gasteiger partial charge in [-0.15, -0.1) is 0 Å². The monoisotopic (exact) mass is 262 g/mol. The van der Waals surface area contributed by atoms with Gasteiger partial charge in [-0.3, -0.25) is 9.13 Å². The Morgan fingerprint density at radius 1 is 1.00 bits per heavy atom. The van der Waals surface area contributed by atoms with Gasteiger partial charge >= 0.3 is 15.2 Å². The van der Waals surface area contributed by atoms with Crippen molar-refractivity contribution in [1.82, 2.24) is 0 Å². The summed E-state index contributed by atoms with van der Waals surface area (Å²) in [5.74, 6) is 0. The molecule has 0 aromatic carbocycles. The first-order valence-electron chi connectivity index (χ1n) is 2.41. The van der Waals surface area contributed by atoms with Crippen molar-refractivity contribution in [3.63, 3.8) is 0 Å². The molecule has 0 aromatic heterocycles. The van der Waals surface area contributed by atoms with E-state index in [4.69, 9.17) is 24.7 Å². The van der Waals surface area contributed by atoms with Gasteiger partial charge in [-0.2, -0.15) is 0 Å². The Labute approximate surface area is 78.6 Å². The summed E-state index contributed by atoms with van der Waals surface area (Å²) in [6.45, 7) is -1.24. The zero-order chi connectivity index (χ0) is 9.28. The molecule has 0 aliphatic carbocycles. The van der Waals surface area contributed by atoms with E-state index in [0.717, 1.165) is 0 Å². The van der Waals surface area contributed by atoms with Crippen LogP contribution in [0, 0.1) is 0 Å². The van der Waals surface area contributed by atoms with E-state index in [2.05, 4.69) is 0 Å². The Hall–Kier alpha value is 0.779. The molecule has 7 nitrogen and oxygen atoms in total. The van der Waals surface area contributed by atoms with Crippen LogP contribution in [0.25, 0.3) is 0 Å². The Balaban J connectivity index is 0. The molecule has 0 atom stereocenters. The van der Waals surface area contributed by atoms with Gasteiger partial charge in [0.15, 0.2) is 5.40 Å². The average molecular weight is 262 g/mol. The van der Waals surface area contributed by atoms with Crippen molar-refractivity contribution in [3.8, 4) is 0 Å². The first kappa shape index (κ1) is 15.3. The first-order valence-corrected chi connectivity index (χ1v) is 5.77. The molecule has 0 saturated heterocycles. The quantitative estimate of drug-likeness (QED) is 0.313. The Bertz CT molecular complexity index is 193. The summed E-state index contributed by atoms with van der Waals surface area (Å²) in [6, 6.07) is 0. The molecule has 0 aromatic rings. The van der Waals surface area contributed by atoms with Gasteiger partial charge in [0.25, 0.3) is 0 Å². The van der Waals surface area contributed by atoms with Crippen LogP contribution in [0.2, 0.25) is 0 Å². The van der Waals surface area contributed by atoms with Crippen molar-refractivity contribution < 1.29 is 50.9 Å². The normalized spacial score (nSPS) is 12.8. The third-order valence-electron chi connectivity index (χ3n) is 0.940. The average Bonchev–Trinajstić information content (AvgIpc) is 1.56. The Kier molecular flexibility index (Phi) is 6.18. The molecule has 0 bridgehead atoms. The van der Waals surface area contributed by atoms with E-state index in [1.54, 1.807) is 0 Å². The number of aliphatic hydroxyl groups is 1. The summed E-state index contributed by atoms with van der Waals surface area (Å²) in [4.78, 5) is 33.1. The third kappa shape index (κ3) is 4.72. The van der Waals surface area contributed by atoms with Gasteiger partial charge in [0.05, 0.1) is 6.61 Å². The maximum Gasteiger partial charge on any atom is 0.343 e. The molecule has 5 N–H and O–H groups in total. The van der Waals surface area contributed by atoms with Gasteiger partial charge in [-0.1, -0.05) is 0 Å². The van der Waals surface area contributed by atoms with Crippen LogP contribution in [0.15, 0.2) is 0 Å². The second-order valence-corrected chi connectivity index (χ2v) is 5.85. The van der Waals surface area contributed by atoms with Crippen molar-refractivity contribution in [2.24, 2.45) is 0 Å². The Morgan fingerprint density at radius 2 is 1.25 bits per heavy atom. The second-order valence-electron chi connectivity index (χ2n) is 1.84. The molecule has 10 heteroatoms. The number of rotatable bonds is 3. The molecule has 0 spiro atoms. The predicted octanol–water partition coefficient (Wildman–Crippen LogP) is -1.34. The molecule has 12 heavy (non-hydrogen) atoms. The third-order valence-corrected chi connectivity index (χ3v) is 4.62. The topological polar surface area (TPSA) is 135 Å². The SMILES string of the molecule is O=P(O)(O)C(CO)P(=O)(O)O.[Fe]. The van der Waals surface area contributed by atoms with E-state index >= 15 is 0 Å². The summed E-state index contributed by atoms with van der Waals surface area (Å²) >= 11 is 0. The van der Waals surface area contributed by atoms with Gasteiger partial charge in [0, 0.05) is 17.1 Å². The standard InChI is InChI=1S/C2H8O7P2.Fe/c3-1-2(10(4,5)6)11(7,8)9;/h2-3H,1H2,(H2,4,5,6)(H2,7,8,9);. The maximum absolute atomic E-state index is 10.3. The minimum absolute atomic E-state index is 0. The van der Waals surface area contributed by atoms with Gasteiger partial charge in [-0.05, 0) is 0 Å². The maximum atomic E-state index is 10.3. The number of hydrogen-bond donors (Lipinski definition) is 5. The van der Waals surface area contributed by atoms with Crippen LogP contribution < -0.4 is 0 Å². The predicted molar refractivity (Wildman–Crippen MR) is 35.0 cm³/mol. The van der Waals surface area contributed by atoms with Crippen LogP contribution in [0.5, 0.6) is 0 Å². The molecule has 0 radical (unpaired) electrons. The summed E-state index contributed by atoms with van der Waals surface area (Å²) in [6.07, 6.45) is 0. The van der Waals surface area contributed by atoms with Crippen molar-refractivity contribution >= 4 is 15.2 Å². The molecule has 0 fully saturated rings. The van der Waals surface area contributed by atoms with Gasteiger partial charge < -0.3 is 24.7 Å². The van der Waals surface area contributed by atoms with Crippen molar-refractivity contribution in [2.45, 2.75) is 5.40 Å². The number of hydrogen-bond acceptors (Lipinski definition) is 3. The van der Waals surface area contributed by atoms with Crippen LogP contribution in [0.3, 0.4) is 0 Å². The summed E-state index contributed by atoms with van der Waals surface area (Å²) in [7, 11) is -9.82. The zero-order valence-electron chi connectivity index (χ0n) is 5.59. The Morgan fingerprint density at radius 3 is 1.25 bits per heavy atom. The van der Waals surface area contributed by atoms with E-state index in [1.807, 2.05) is 0 Å². The van der Waals surface area contributed by atoms with E-state index in [-0.39, 0.29) is 17.1 Å². The van der Waals surface area contributed by atoms with Crippen molar-refractivity contribution in [2.75, 3.05) is 6.61 Å². The van der Waals surface area contributed by atoms with E-state index in [9.17, 15) is 9.13 Å². The molecule has 0 saturated carbocycles. The van der Waals surface area contributed by atoms with Crippen molar-refractivity contribution in [1.29, 1.82) is 0 Å². The van der Waals surface area contributed by atoms with Gasteiger partial charge in [0.2, 0.25) is 0 Å². The van der Waals surface area contributed by atoms with Crippen molar-refractivity contribution in [3.05, 3.63) is 0 Å². The van der Waals surface area contributed by atoms with Crippen LogP contribution in [-0.4, -0.2) is 36.7 Å². The smallest absolute Gasteiger partial charge is 0.343 e. The summed E-state index contributed by atoms with van der Waals surface area (Å²) in [5.41, 5.74) is 0. The van der Waals surface area contributed by atoms with Crippen LogP contribution in [-0.2, 0) is 26.2 Å². The fourth-order valence-electron chi connectivity index (χ4n) is 0.409. The minimum atomic E-state index is -4.91. The minimum Gasteiger partial charge on any atom is -0.395 e. The summed E-state index contributed by atoms with van der Waals surface area (Å²) < 4.78 is 20.5. The fourth-order valence-corrected chi connectivity index (χ4v) is 2.40. The van der Waals surface area contributed by atoms with Crippen LogP contribution >= 0.6 is 15.2 Å². The van der Waals surface area contributed by atoms with E-state index in [0.29, 0.717) is 0 Å². The molecular weight excluding hydrogens is 254 g/mol. The molecule has 0 heterocycles. The molecular formula is C2H8FeO7P2. The molecule has 0 aliphatic rings.